The van der Waals surface area contributed by atoms with E-state index in [1.54, 1.807) is 18.2 Å². The van der Waals surface area contributed by atoms with Crippen molar-refractivity contribution in [1.29, 1.82) is 0 Å². The molecular weight excluding hydrogens is 307 g/mol. The quantitative estimate of drug-likeness (QED) is 0.888. The first kappa shape index (κ1) is 15.4. The van der Waals surface area contributed by atoms with Gasteiger partial charge in [0, 0.05) is 25.1 Å². The van der Waals surface area contributed by atoms with Gasteiger partial charge in [-0.25, -0.2) is 17.1 Å². The minimum atomic E-state index is -3.18. The van der Waals surface area contributed by atoms with Crippen molar-refractivity contribution < 1.29 is 17.6 Å². The Morgan fingerprint density at radius 3 is 2.64 bits per heavy atom. The molecular formula is C15H19FN2O3S. The Bertz CT molecular complexity index is 686. The molecule has 1 aliphatic heterocycles. The van der Waals surface area contributed by atoms with E-state index in [0.29, 0.717) is 31.4 Å². The highest BCUT2D eigenvalue weighted by Gasteiger charge is 2.47. The van der Waals surface area contributed by atoms with Crippen LogP contribution in [-0.2, 0) is 20.4 Å². The van der Waals surface area contributed by atoms with Gasteiger partial charge in [-0.05, 0) is 25.3 Å². The third-order valence-corrected chi connectivity index (χ3v) is 6.27. The smallest absolute Gasteiger partial charge is 0.222 e. The van der Waals surface area contributed by atoms with Crippen molar-refractivity contribution in [3.05, 3.63) is 35.6 Å². The SMILES string of the molecule is O=C(CCN1CCCS1(=O)=O)NC1(c2ccccc2F)CC1. The predicted molar refractivity (Wildman–Crippen MR) is 80.0 cm³/mol. The first-order valence-electron chi connectivity index (χ1n) is 7.47. The number of hydrogen-bond acceptors (Lipinski definition) is 3. The van der Waals surface area contributed by atoms with Crippen molar-refractivity contribution in [2.24, 2.45) is 0 Å². The van der Waals surface area contributed by atoms with Gasteiger partial charge in [-0.2, -0.15) is 0 Å². The third-order valence-electron chi connectivity index (χ3n) is 4.31. The van der Waals surface area contributed by atoms with Crippen LogP contribution in [0.25, 0.3) is 0 Å². The average molecular weight is 326 g/mol. The number of sulfonamides is 1. The van der Waals surface area contributed by atoms with Crippen LogP contribution in [0.1, 0.15) is 31.2 Å². The molecule has 2 fully saturated rings. The fourth-order valence-corrected chi connectivity index (χ4v) is 4.46. The standard InChI is InChI=1S/C15H19FN2O3S/c16-13-5-2-1-4-12(13)15(7-8-15)17-14(19)6-10-18-9-3-11-22(18,20)21/h1-2,4-5H,3,6-11H2,(H,17,19). The molecule has 0 spiro atoms. The largest absolute Gasteiger partial charge is 0.346 e. The lowest BCUT2D eigenvalue weighted by molar-refractivity contribution is -0.122. The lowest BCUT2D eigenvalue weighted by Crippen LogP contribution is -2.38. The first-order chi connectivity index (χ1) is 10.4. The van der Waals surface area contributed by atoms with E-state index in [1.807, 2.05) is 0 Å². The zero-order valence-corrected chi connectivity index (χ0v) is 13.0. The molecule has 5 nitrogen and oxygen atoms in total. The number of benzene rings is 1. The topological polar surface area (TPSA) is 66.5 Å². The van der Waals surface area contributed by atoms with Crippen molar-refractivity contribution in [1.82, 2.24) is 9.62 Å². The van der Waals surface area contributed by atoms with Crippen molar-refractivity contribution >= 4 is 15.9 Å². The zero-order chi connectivity index (χ0) is 15.8. The minimum Gasteiger partial charge on any atom is -0.346 e. The van der Waals surface area contributed by atoms with Crippen LogP contribution in [0.3, 0.4) is 0 Å². The van der Waals surface area contributed by atoms with Gasteiger partial charge in [0.2, 0.25) is 15.9 Å². The number of halogens is 1. The maximum absolute atomic E-state index is 13.9. The van der Waals surface area contributed by atoms with Crippen molar-refractivity contribution in [2.45, 2.75) is 31.2 Å². The number of nitrogens with zero attached hydrogens (tertiary/aromatic N) is 1. The molecule has 0 aromatic heterocycles. The van der Waals surface area contributed by atoms with Gasteiger partial charge in [-0.3, -0.25) is 4.79 Å². The number of hydrogen-bond donors (Lipinski definition) is 1. The van der Waals surface area contributed by atoms with Gasteiger partial charge >= 0.3 is 0 Å². The van der Waals surface area contributed by atoms with Gasteiger partial charge in [0.15, 0.2) is 0 Å². The molecule has 2 aliphatic rings. The second-order valence-electron chi connectivity index (χ2n) is 5.93. The van der Waals surface area contributed by atoms with Crippen LogP contribution in [-0.4, -0.2) is 37.5 Å². The van der Waals surface area contributed by atoms with Crippen LogP contribution in [0.4, 0.5) is 4.39 Å². The van der Waals surface area contributed by atoms with Gasteiger partial charge in [-0.1, -0.05) is 18.2 Å². The normalized spacial score (nSPS) is 22.4. The predicted octanol–water partition coefficient (Wildman–Crippen LogP) is 1.36. The van der Waals surface area contributed by atoms with E-state index in [4.69, 9.17) is 0 Å². The van der Waals surface area contributed by atoms with E-state index < -0.39 is 15.6 Å². The van der Waals surface area contributed by atoms with Crippen LogP contribution in [0.15, 0.2) is 24.3 Å². The Kier molecular flexibility index (Phi) is 3.94. The molecule has 3 rings (SSSR count). The molecule has 7 heteroatoms. The third kappa shape index (κ3) is 3.01. The Balaban J connectivity index is 1.60. The molecule has 0 radical (unpaired) electrons. The summed E-state index contributed by atoms with van der Waals surface area (Å²) < 4.78 is 38.6. The molecule has 1 N–H and O–H groups in total. The molecule has 0 bridgehead atoms. The Morgan fingerprint density at radius 2 is 2.05 bits per heavy atom. The molecule has 120 valence electrons. The molecule has 1 heterocycles. The molecule has 22 heavy (non-hydrogen) atoms. The molecule has 1 saturated heterocycles. The minimum absolute atomic E-state index is 0.107. The first-order valence-corrected chi connectivity index (χ1v) is 9.08. The van der Waals surface area contributed by atoms with E-state index in [-0.39, 0.29) is 30.4 Å². The van der Waals surface area contributed by atoms with Gasteiger partial charge in [0.05, 0.1) is 11.3 Å². The van der Waals surface area contributed by atoms with Crippen LogP contribution in [0, 0.1) is 5.82 Å². The van der Waals surface area contributed by atoms with Gasteiger partial charge in [0.25, 0.3) is 0 Å². The fraction of sp³-hybridized carbons (Fsp3) is 0.533. The molecule has 0 atom stereocenters. The molecule has 1 aliphatic carbocycles. The maximum Gasteiger partial charge on any atom is 0.222 e. The molecule has 1 aromatic carbocycles. The molecule has 1 saturated carbocycles. The zero-order valence-electron chi connectivity index (χ0n) is 12.2. The van der Waals surface area contributed by atoms with Crippen molar-refractivity contribution in [2.75, 3.05) is 18.8 Å². The second-order valence-corrected chi connectivity index (χ2v) is 8.02. The van der Waals surface area contributed by atoms with E-state index >= 15 is 0 Å². The van der Waals surface area contributed by atoms with Gasteiger partial charge in [-0.15, -0.1) is 0 Å². The van der Waals surface area contributed by atoms with Crippen LogP contribution < -0.4 is 5.32 Å². The summed E-state index contributed by atoms with van der Waals surface area (Å²) in [7, 11) is -3.18. The lowest BCUT2D eigenvalue weighted by atomic mass is 10.0. The summed E-state index contributed by atoms with van der Waals surface area (Å²) in [6, 6.07) is 6.45. The molecule has 0 unspecified atom stereocenters. The summed E-state index contributed by atoms with van der Waals surface area (Å²) in [4.78, 5) is 12.1. The molecule has 1 aromatic rings. The number of rotatable bonds is 5. The van der Waals surface area contributed by atoms with E-state index in [9.17, 15) is 17.6 Å². The fourth-order valence-electron chi connectivity index (χ4n) is 2.93. The summed E-state index contributed by atoms with van der Waals surface area (Å²) in [5.41, 5.74) is -0.0936. The van der Waals surface area contributed by atoms with Gasteiger partial charge in [0.1, 0.15) is 5.82 Å². The van der Waals surface area contributed by atoms with Crippen LogP contribution in [0.2, 0.25) is 0 Å². The maximum atomic E-state index is 13.9. The average Bonchev–Trinajstić information content (AvgIpc) is 3.14. The highest BCUT2D eigenvalue weighted by Crippen LogP contribution is 2.46. The van der Waals surface area contributed by atoms with Crippen molar-refractivity contribution in [3.63, 3.8) is 0 Å². The summed E-state index contributed by atoms with van der Waals surface area (Å²) in [5, 5.41) is 2.88. The summed E-state index contributed by atoms with van der Waals surface area (Å²) in [6.07, 6.45) is 2.14. The lowest BCUT2D eigenvalue weighted by Gasteiger charge is -2.20. The molecule has 1 amide bonds. The van der Waals surface area contributed by atoms with Crippen LogP contribution >= 0.6 is 0 Å². The Labute approximate surface area is 129 Å². The van der Waals surface area contributed by atoms with E-state index in [0.717, 1.165) is 0 Å². The Morgan fingerprint density at radius 1 is 1.32 bits per heavy atom. The van der Waals surface area contributed by atoms with Crippen LogP contribution in [0.5, 0.6) is 0 Å². The Hall–Kier alpha value is -1.47. The summed E-state index contributed by atoms with van der Waals surface area (Å²) >= 11 is 0. The van der Waals surface area contributed by atoms with E-state index in [2.05, 4.69) is 5.32 Å². The summed E-state index contributed by atoms with van der Waals surface area (Å²) in [6.45, 7) is 0.676. The number of nitrogens with one attached hydrogen (secondary N) is 1. The monoisotopic (exact) mass is 326 g/mol. The highest BCUT2D eigenvalue weighted by molar-refractivity contribution is 7.89. The van der Waals surface area contributed by atoms with Gasteiger partial charge < -0.3 is 5.32 Å². The highest BCUT2D eigenvalue weighted by atomic mass is 32.2. The number of carbonyl (C=O) groups is 1. The second kappa shape index (κ2) is 5.62. The van der Waals surface area contributed by atoms with E-state index in [1.165, 1.54) is 10.4 Å². The van der Waals surface area contributed by atoms with Crippen molar-refractivity contribution in [3.8, 4) is 0 Å². The summed E-state index contributed by atoms with van der Waals surface area (Å²) in [5.74, 6) is -0.390. The number of amides is 1. The number of carbonyl (C=O) groups excluding carboxylic acids is 1.